The van der Waals surface area contributed by atoms with E-state index in [4.69, 9.17) is 16.7 Å². The first-order valence-corrected chi connectivity index (χ1v) is 8.62. The number of hydrogen-bond acceptors (Lipinski definition) is 3. The van der Waals surface area contributed by atoms with Crippen LogP contribution >= 0.6 is 11.6 Å². The van der Waals surface area contributed by atoms with Crippen LogP contribution < -0.4 is 4.90 Å². The second-order valence-corrected chi connectivity index (χ2v) is 6.43. The highest BCUT2D eigenvalue weighted by molar-refractivity contribution is 6.37. The van der Waals surface area contributed by atoms with Gasteiger partial charge in [-0.15, -0.1) is 0 Å². The Balaban J connectivity index is 1.95. The Labute approximate surface area is 160 Å². The predicted molar refractivity (Wildman–Crippen MR) is 104 cm³/mol. The minimum absolute atomic E-state index is 0.167. The number of anilines is 1. The Morgan fingerprint density at radius 3 is 2.26 bits per heavy atom. The second kappa shape index (κ2) is 8.01. The van der Waals surface area contributed by atoms with Crippen LogP contribution in [0.25, 0.3) is 10.8 Å². The van der Waals surface area contributed by atoms with E-state index in [-0.39, 0.29) is 6.54 Å². The fourth-order valence-corrected chi connectivity index (χ4v) is 3.04. The van der Waals surface area contributed by atoms with Crippen LogP contribution in [0.3, 0.4) is 0 Å². The van der Waals surface area contributed by atoms with Crippen LogP contribution in [0.4, 0.5) is 5.69 Å². The van der Waals surface area contributed by atoms with Gasteiger partial charge in [-0.3, -0.25) is 9.59 Å². The molecular weight excluding hydrogens is 366 g/mol. The molecule has 0 heterocycles. The molecule has 27 heavy (non-hydrogen) atoms. The number of ketones is 1. The van der Waals surface area contributed by atoms with Gasteiger partial charge in [0.05, 0.1) is 23.7 Å². The smallest absolute Gasteiger partial charge is 0.372 e. The Morgan fingerprint density at radius 1 is 0.889 bits per heavy atom. The molecule has 3 rings (SSSR count). The van der Waals surface area contributed by atoms with E-state index in [1.165, 1.54) is 4.90 Å². The van der Waals surface area contributed by atoms with Crippen molar-refractivity contribution >= 4 is 45.7 Å². The maximum absolute atomic E-state index is 12.7. The molecule has 0 spiro atoms. The molecule has 0 saturated heterocycles. The van der Waals surface area contributed by atoms with Crippen LogP contribution in [-0.2, 0) is 20.9 Å². The summed E-state index contributed by atoms with van der Waals surface area (Å²) in [4.78, 5) is 36.3. The highest BCUT2D eigenvalue weighted by Gasteiger charge is 2.24. The van der Waals surface area contributed by atoms with Gasteiger partial charge < -0.3 is 10.0 Å². The SMILES string of the molecule is O=C(O)C(=O)CC(=O)N(Cc1ccc2ccccc2c1)c1ccccc1Cl. The van der Waals surface area contributed by atoms with Crippen molar-refractivity contribution in [2.45, 2.75) is 13.0 Å². The van der Waals surface area contributed by atoms with Crippen LogP contribution in [-0.4, -0.2) is 22.8 Å². The molecule has 0 atom stereocenters. The molecule has 0 radical (unpaired) electrons. The summed E-state index contributed by atoms with van der Waals surface area (Å²) >= 11 is 6.23. The number of carbonyl (C=O) groups excluding carboxylic acids is 2. The molecule has 1 amide bonds. The number of nitrogens with zero attached hydrogens (tertiary/aromatic N) is 1. The number of hydrogen-bond donors (Lipinski definition) is 1. The zero-order valence-corrected chi connectivity index (χ0v) is 15.0. The monoisotopic (exact) mass is 381 g/mol. The van der Waals surface area contributed by atoms with E-state index in [0.29, 0.717) is 10.7 Å². The first-order chi connectivity index (χ1) is 13.0. The van der Waals surface area contributed by atoms with Crippen molar-refractivity contribution in [3.8, 4) is 0 Å². The minimum atomic E-state index is -1.63. The molecule has 0 saturated carbocycles. The van der Waals surface area contributed by atoms with E-state index in [9.17, 15) is 14.4 Å². The number of para-hydroxylation sites is 1. The maximum atomic E-state index is 12.7. The van der Waals surface area contributed by atoms with Crippen LogP contribution in [0, 0.1) is 0 Å². The number of aliphatic carboxylic acids is 1. The number of halogens is 1. The average molecular weight is 382 g/mol. The number of carboxylic acids is 1. The number of Topliss-reactive ketones (excluding diaryl/α,β-unsaturated/α-hetero) is 1. The molecule has 3 aromatic rings. The van der Waals surface area contributed by atoms with Crippen LogP contribution in [0.2, 0.25) is 5.02 Å². The fraction of sp³-hybridized carbons (Fsp3) is 0.0952. The van der Waals surface area contributed by atoms with Gasteiger partial charge in [0.1, 0.15) is 0 Å². The van der Waals surface area contributed by atoms with Gasteiger partial charge >= 0.3 is 5.97 Å². The minimum Gasteiger partial charge on any atom is -0.475 e. The van der Waals surface area contributed by atoms with Crippen LogP contribution in [0.5, 0.6) is 0 Å². The molecular formula is C21H16ClNO4. The van der Waals surface area contributed by atoms with Gasteiger partial charge in [-0.25, -0.2) is 4.79 Å². The van der Waals surface area contributed by atoms with E-state index >= 15 is 0 Å². The standard InChI is InChI=1S/C21H16ClNO4/c22-17-7-3-4-8-18(17)23(20(25)12-19(24)21(26)27)13-14-9-10-15-5-1-2-6-16(15)11-14/h1-11H,12-13H2,(H,26,27). The van der Waals surface area contributed by atoms with Crippen molar-refractivity contribution in [3.63, 3.8) is 0 Å². The van der Waals surface area contributed by atoms with Gasteiger partial charge in [-0.05, 0) is 34.5 Å². The topological polar surface area (TPSA) is 74.7 Å². The van der Waals surface area contributed by atoms with Gasteiger partial charge in [-0.1, -0.05) is 60.1 Å². The van der Waals surface area contributed by atoms with Gasteiger partial charge in [-0.2, -0.15) is 0 Å². The summed E-state index contributed by atoms with van der Waals surface area (Å²) in [5, 5.41) is 11.2. The molecule has 136 valence electrons. The van der Waals surface area contributed by atoms with Crippen molar-refractivity contribution < 1.29 is 19.5 Å². The normalized spacial score (nSPS) is 10.6. The summed E-state index contributed by atoms with van der Waals surface area (Å²) in [6.07, 6.45) is -0.728. The largest absolute Gasteiger partial charge is 0.475 e. The summed E-state index contributed by atoms with van der Waals surface area (Å²) in [7, 11) is 0. The van der Waals surface area contributed by atoms with Gasteiger partial charge in [0.2, 0.25) is 11.7 Å². The lowest BCUT2D eigenvalue weighted by Gasteiger charge is -2.24. The highest BCUT2D eigenvalue weighted by Crippen LogP contribution is 2.28. The summed E-state index contributed by atoms with van der Waals surface area (Å²) < 4.78 is 0. The fourth-order valence-electron chi connectivity index (χ4n) is 2.81. The number of carbonyl (C=O) groups is 3. The van der Waals surface area contributed by atoms with Gasteiger partial charge in [0, 0.05) is 0 Å². The molecule has 3 aromatic carbocycles. The number of fused-ring (bicyclic) bond motifs is 1. The molecule has 0 aliphatic rings. The Bertz CT molecular complexity index is 1030. The van der Waals surface area contributed by atoms with E-state index in [1.807, 2.05) is 42.5 Å². The van der Waals surface area contributed by atoms with E-state index < -0.39 is 24.1 Å². The van der Waals surface area contributed by atoms with Crippen molar-refractivity contribution in [1.29, 1.82) is 0 Å². The lowest BCUT2D eigenvalue weighted by Crippen LogP contribution is -2.33. The Morgan fingerprint density at radius 2 is 1.56 bits per heavy atom. The number of rotatable bonds is 6. The average Bonchev–Trinajstić information content (AvgIpc) is 2.66. The van der Waals surface area contributed by atoms with E-state index in [1.54, 1.807) is 24.3 Å². The van der Waals surface area contributed by atoms with E-state index in [2.05, 4.69) is 0 Å². The molecule has 0 unspecified atom stereocenters. The lowest BCUT2D eigenvalue weighted by atomic mass is 10.1. The van der Waals surface area contributed by atoms with Crippen molar-refractivity contribution in [2.75, 3.05) is 4.90 Å². The first-order valence-electron chi connectivity index (χ1n) is 8.24. The number of benzene rings is 3. The molecule has 0 bridgehead atoms. The molecule has 1 N–H and O–H groups in total. The summed E-state index contributed by atoms with van der Waals surface area (Å²) in [6, 6.07) is 20.4. The molecule has 0 aliphatic carbocycles. The molecule has 6 heteroatoms. The van der Waals surface area contributed by atoms with E-state index in [0.717, 1.165) is 16.3 Å². The Kier molecular flexibility index (Phi) is 5.52. The number of carboxylic acid groups (broad SMARTS) is 1. The van der Waals surface area contributed by atoms with Gasteiger partial charge in [0.15, 0.2) is 0 Å². The van der Waals surface area contributed by atoms with Crippen molar-refractivity contribution in [2.24, 2.45) is 0 Å². The third-order valence-corrected chi connectivity index (χ3v) is 4.47. The highest BCUT2D eigenvalue weighted by atomic mass is 35.5. The summed E-state index contributed by atoms with van der Waals surface area (Å²) in [6.45, 7) is 0.167. The third kappa shape index (κ3) is 4.33. The predicted octanol–water partition coefficient (Wildman–Crippen LogP) is 4.07. The Hall–Kier alpha value is -3.18. The van der Waals surface area contributed by atoms with Crippen LogP contribution in [0.1, 0.15) is 12.0 Å². The lowest BCUT2D eigenvalue weighted by molar-refractivity contribution is -0.150. The van der Waals surface area contributed by atoms with Crippen molar-refractivity contribution in [3.05, 3.63) is 77.3 Å². The quantitative estimate of drug-likeness (QED) is 0.516. The van der Waals surface area contributed by atoms with Gasteiger partial charge in [0.25, 0.3) is 0 Å². The molecule has 0 fully saturated rings. The number of amides is 1. The first kappa shape index (κ1) is 18.6. The summed E-state index contributed by atoms with van der Waals surface area (Å²) in [5.41, 5.74) is 1.26. The van der Waals surface area contributed by atoms with Crippen molar-refractivity contribution in [1.82, 2.24) is 0 Å². The second-order valence-electron chi connectivity index (χ2n) is 6.02. The maximum Gasteiger partial charge on any atom is 0.372 e. The molecule has 5 nitrogen and oxygen atoms in total. The summed E-state index contributed by atoms with van der Waals surface area (Å²) in [5.74, 6) is -3.41. The third-order valence-electron chi connectivity index (χ3n) is 4.15. The zero-order valence-electron chi connectivity index (χ0n) is 14.3. The molecule has 0 aliphatic heterocycles. The zero-order chi connectivity index (χ0) is 19.4. The van der Waals surface area contributed by atoms with Crippen LogP contribution in [0.15, 0.2) is 66.7 Å². The molecule has 0 aromatic heterocycles.